The monoisotopic (exact) mass is 246 g/mol. The van der Waals surface area contributed by atoms with Crippen LogP contribution in [-0.4, -0.2) is 11.1 Å². The van der Waals surface area contributed by atoms with Gasteiger partial charge in [0.2, 0.25) is 0 Å². The van der Waals surface area contributed by atoms with Gasteiger partial charge in [-0.1, -0.05) is 24.3 Å². The summed E-state index contributed by atoms with van der Waals surface area (Å²) in [5.41, 5.74) is 3.03. The Kier molecular flexibility index (Phi) is 3.59. The summed E-state index contributed by atoms with van der Waals surface area (Å²) >= 11 is 1.60. The standard InChI is InChI=1S/C14H14O2S/c1-10-4-2-3-5-12(10)13(14(15)16)8-11-6-7-17-9-11/h2-7,9,13H,8H2,1H3,(H,15,16). The van der Waals surface area contributed by atoms with E-state index >= 15 is 0 Å². The predicted octanol–water partition coefficient (Wildman–Crippen LogP) is 3.47. The van der Waals surface area contributed by atoms with E-state index in [1.165, 1.54) is 0 Å². The van der Waals surface area contributed by atoms with Gasteiger partial charge in [-0.15, -0.1) is 0 Å². The van der Waals surface area contributed by atoms with E-state index in [1.807, 2.05) is 48.0 Å². The second-order valence-electron chi connectivity index (χ2n) is 4.08. The fourth-order valence-corrected chi connectivity index (χ4v) is 2.63. The lowest BCUT2D eigenvalue weighted by atomic mass is 9.90. The summed E-state index contributed by atoms with van der Waals surface area (Å²) < 4.78 is 0. The molecule has 2 nitrogen and oxygen atoms in total. The van der Waals surface area contributed by atoms with Gasteiger partial charge in [-0.25, -0.2) is 0 Å². The fraction of sp³-hybridized carbons (Fsp3) is 0.214. The minimum Gasteiger partial charge on any atom is -0.481 e. The summed E-state index contributed by atoms with van der Waals surface area (Å²) in [4.78, 5) is 11.4. The molecule has 0 aliphatic rings. The zero-order valence-corrected chi connectivity index (χ0v) is 10.4. The third-order valence-electron chi connectivity index (χ3n) is 2.88. The average molecular weight is 246 g/mol. The molecule has 1 unspecified atom stereocenters. The highest BCUT2D eigenvalue weighted by Crippen LogP contribution is 2.25. The van der Waals surface area contributed by atoms with Crippen LogP contribution in [0.4, 0.5) is 0 Å². The summed E-state index contributed by atoms with van der Waals surface area (Å²) in [6.45, 7) is 1.96. The van der Waals surface area contributed by atoms with Gasteiger partial charge in [0.25, 0.3) is 0 Å². The minimum atomic E-state index is -0.759. The highest BCUT2D eigenvalue weighted by molar-refractivity contribution is 7.07. The maximum absolute atomic E-state index is 11.4. The summed E-state index contributed by atoms with van der Waals surface area (Å²) in [5, 5.41) is 13.3. The smallest absolute Gasteiger partial charge is 0.311 e. The highest BCUT2D eigenvalue weighted by Gasteiger charge is 2.21. The Morgan fingerprint density at radius 2 is 2.12 bits per heavy atom. The number of carbonyl (C=O) groups is 1. The second kappa shape index (κ2) is 5.15. The van der Waals surface area contributed by atoms with Crippen molar-refractivity contribution in [3.63, 3.8) is 0 Å². The number of hydrogen-bond acceptors (Lipinski definition) is 2. The molecule has 1 heterocycles. The summed E-state index contributed by atoms with van der Waals surface area (Å²) in [7, 11) is 0. The Bertz CT molecular complexity index is 503. The molecule has 3 heteroatoms. The van der Waals surface area contributed by atoms with Gasteiger partial charge in [0.15, 0.2) is 0 Å². The lowest BCUT2D eigenvalue weighted by Gasteiger charge is -2.14. The van der Waals surface area contributed by atoms with Crippen LogP contribution in [0.25, 0.3) is 0 Å². The maximum atomic E-state index is 11.4. The van der Waals surface area contributed by atoms with Crippen molar-refractivity contribution in [2.24, 2.45) is 0 Å². The lowest BCUT2D eigenvalue weighted by Crippen LogP contribution is -2.15. The molecule has 1 aromatic heterocycles. The van der Waals surface area contributed by atoms with Crippen LogP contribution in [0.15, 0.2) is 41.1 Å². The predicted molar refractivity (Wildman–Crippen MR) is 69.6 cm³/mol. The van der Waals surface area contributed by atoms with Crippen LogP contribution in [0.1, 0.15) is 22.6 Å². The summed E-state index contributed by atoms with van der Waals surface area (Å²) in [6.07, 6.45) is 0.559. The van der Waals surface area contributed by atoms with E-state index < -0.39 is 11.9 Å². The average Bonchev–Trinajstić information content (AvgIpc) is 2.79. The van der Waals surface area contributed by atoms with E-state index in [0.29, 0.717) is 6.42 Å². The zero-order valence-electron chi connectivity index (χ0n) is 9.59. The third-order valence-corrected chi connectivity index (χ3v) is 3.61. The molecule has 88 valence electrons. The largest absolute Gasteiger partial charge is 0.481 e. The van der Waals surface area contributed by atoms with Crippen molar-refractivity contribution in [1.29, 1.82) is 0 Å². The lowest BCUT2D eigenvalue weighted by molar-refractivity contribution is -0.138. The van der Waals surface area contributed by atoms with E-state index in [1.54, 1.807) is 11.3 Å². The molecule has 0 amide bonds. The quantitative estimate of drug-likeness (QED) is 0.897. The van der Waals surface area contributed by atoms with Crippen LogP contribution in [-0.2, 0) is 11.2 Å². The van der Waals surface area contributed by atoms with Crippen molar-refractivity contribution in [2.75, 3.05) is 0 Å². The van der Waals surface area contributed by atoms with E-state index in [-0.39, 0.29) is 0 Å². The van der Waals surface area contributed by atoms with Crippen LogP contribution >= 0.6 is 11.3 Å². The van der Waals surface area contributed by atoms with Gasteiger partial charge in [0.1, 0.15) is 0 Å². The molecule has 0 saturated heterocycles. The SMILES string of the molecule is Cc1ccccc1C(Cc1ccsc1)C(=O)O. The number of carboxylic acid groups (broad SMARTS) is 1. The number of thiophene rings is 1. The molecule has 0 fully saturated rings. The topological polar surface area (TPSA) is 37.3 Å². The second-order valence-corrected chi connectivity index (χ2v) is 4.86. The van der Waals surface area contributed by atoms with Gasteiger partial charge in [0, 0.05) is 0 Å². The Hall–Kier alpha value is -1.61. The fourth-order valence-electron chi connectivity index (χ4n) is 1.95. The molecular formula is C14H14O2S. The van der Waals surface area contributed by atoms with Gasteiger partial charge in [-0.3, -0.25) is 4.79 Å². The van der Waals surface area contributed by atoms with Gasteiger partial charge in [0.05, 0.1) is 5.92 Å². The van der Waals surface area contributed by atoms with E-state index in [2.05, 4.69) is 0 Å². The summed E-state index contributed by atoms with van der Waals surface area (Å²) in [6, 6.07) is 9.67. The van der Waals surface area contributed by atoms with Crippen molar-refractivity contribution in [3.05, 3.63) is 57.8 Å². The summed E-state index contributed by atoms with van der Waals surface area (Å²) in [5.74, 6) is -1.21. The molecule has 0 aliphatic carbocycles. The number of aliphatic carboxylic acids is 1. The normalized spacial score (nSPS) is 12.3. The van der Waals surface area contributed by atoms with Gasteiger partial charge in [-0.2, -0.15) is 11.3 Å². The molecule has 1 atom stereocenters. The first-order chi connectivity index (χ1) is 8.18. The molecule has 2 rings (SSSR count). The molecule has 17 heavy (non-hydrogen) atoms. The first-order valence-electron chi connectivity index (χ1n) is 5.48. The first kappa shape index (κ1) is 11.9. The molecule has 0 spiro atoms. The number of hydrogen-bond donors (Lipinski definition) is 1. The Morgan fingerprint density at radius 1 is 1.35 bits per heavy atom. The number of aryl methyl sites for hydroxylation is 1. The molecule has 1 aromatic carbocycles. The van der Waals surface area contributed by atoms with Crippen LogP contribution < -0.4 is 0 Å². The first-order valence-corrected chi connectivity index (χ1v) is 6.42. The molecule has 1 N–H and O–H groups in total. The van der Waals surface area contributed by atoms with Crippen molar-refractivity contribution >= 4 is 17.3 Å². The van der Waals surface area contributed by atoms with Gasteiger partial charge >= 0.3 is 5.97 Å². The molecular weight excluding hydrogens is 232 g/mol. The minimum absolute atomic E-state index is 0.453. The maximum Gasteiger partial charge on any atom is 0.311 e. The van der Waals surface area contributed by atoms with Crippen LogP contribution in [0.2, 0.25) is 0 Å². The van der Waals surface area contributed by atoms with Gasteiger partial charge in [-0.05, 0) is 46.9 Å². The number of carboxylic acids is 1. The van der Waals surface area contributed by atoms with Crippen molar-refractivity contribution in [2.45, 2.75) is 19.3 Å². The Labute approximate surface area is 105 Å². The van der Waals surface area contributed by atoms with Crippen LogP contribution in [0.5, 0.6) is 0 Å². The Balaban J connectivity index is 2.30. The number of benzene rings is 1. The molecule has 2 aromatic rings. The molecule has 0 aliphatic heterocycles. The molecule has 0 radical (unpaired) electrons. The molecule has 0 bridgehead atoms. The van der Waals surface area contributed by atoms with Gasteiger partial charge < -0.3 is 5.11 Å². The van der Waals surface area contributed by atoms with Crippen molar-refractivity contribution < 1.29 is 9.90 Å². The van der Waals surface area contributed by atoms with Crippen LogP contribution in [0, 0.1) is 6.92 Å². The van der Waals surface area contributed by atoms with Crippen molar-refractivity contribution in [3.8, 4) is 0 Å². The van der Waals surface area contributed by atoms with E-state index in [4.69, 9.17) is 0 Å². The Morgan fingerprint density at radius 3 is 2.71 bits per heavy atom. The third kappa shape index (κ3) is 2.74. The number of rotatable bonds is 4. The van der Waals surface area contributed by atoms with Crippen LogP contribution in [0.3, 0.4) is 0 Å². The zero-order chi connectivity index (χ0) is 12.3. The van der Waals surface area contributed by atoms with E-state index in [0.717, 1.165) is 16.7 Å². The molecule has 0 saturated carbocycles. The van der Waals surface area contributed by atoms with E-state index in [9.17, 15) is 9.90 Å². The van der Waals surface area contributed by atoms with Crippen molar-refractivity contribution in [1.82, 2.24) is 0 Å². The highest BCUT2D eigenvalue weighted by atomic mass is 32.1.